The highest BCUT2D eigenvalue weighted by Gasteiger charge is 2.42. The molecule has 0 spiro atoms. The number of ether oxygens (including phenoxy) is 1. The van der Waals surface area contributed by atoms with Crippen LogP contribution in [-0.4, -0.2) is 60.0 Å². The smallest absolute Gasteiger partial charge is 0.198 e. The number of allylic oxidation sites excluding steroid dienone is 1. The average Bonchev–Trinajstić information content (AvgIpc) is 3.08. The van der Waals surface area contributed by atoms with Crippen molar-refractivity contribution in [2.45, 2.75) is 56.5 Å². The number of hydrogen-bond donors (Lipinski definition) is 5. The Morgan fingerprint density at radius 2 is 2.19 bits per heavy atom. The van der Waals surface area contributed by atoms with E-state index in [-0.39, 0.29) is 0 Å². The van der Waals surface area contributed by atoms with E-state index in [9.17, 15) is 10.2 Å². The summed E-state index contributed by atoms with van der Waals surface area (Å²) >= 11 is 4.27. The lowest BCUT2D eigenvalue weighted by Gasteiger charge is -2.38. The number of thiol groups is 1. The number of anilines is 1. The highest BCUT2D eigenvalue weighted by Crippen LogP contribution is 2.26. The summed E-state index contributed by atoms with van der Waals surface area (Å²) in [5.41, 5.74) is 4.88. The van der Waals surface area contributed by atoms with Crippen molar-refractivity contribution in [1.82, 2.24) is 19.9 Å². The van der Waals surface area contributed by atoms with Crippen LogP contribution < -0.4 is 5.48 Å². The van der Waals surface area contributed by atoms with E-state index in [0.717, 1.165) is 12.0 Å². The fourth-order valence-electron chi connectivity index (χ4n) is 2.61. The molecule has 1 saturated heterocycles. The fraction of sp³-hybridized carbons (Fsp3) is 0.562. The van der Waals surface area contributed by atoms with Crippen molar-refractivity contribution in [3.63, 3.8) is 0 Å². The number of fused-ring (bicyclic) bond motifs is 1. The molecular formula is C16H23N5O4S. The maximum absolute atomic E-state index is 10.0. The monoisotopic (exact) mass is 381 g/mol. The normalized spacial score (nSPS) is 29.0. The first-order valence-corrected chi connectivity index (χ1v) is 8.84. The number of imidazole rings is 1. The molecule has 3 heterocycles. The number of nitrogens with one attached hydrogen (secondary N) is 2. The minimum absolute atomic E-state index is 0.404. The van der Waals surface area contributed by atoms with Crippen molar-refractivity contribution < 1.29 is 19.8 Å². The number of aromatic amines is 1. The zero-order valence-corrected chi connectivity index (χ0v) is 15.5. The van der Waals surface area contributed by atoms with Gasteiger partial charge < -0.3 is 19.9 Å². The molecule has 0 bridgehead atoms. The van der Waals surface area contributed by atoms with E-state index in [0.29, 0.717) is 29.2 Å². The summed E-state index contributed by atoms with van der Waals surface area (Å²) in [4.78, 5) is 21.5. The quantitative estimate of drug-likeness (QED) is 0.285. The molecular weight excluding hydrogens is 358 g/mol. The van der Waals surface area contributed by atoms with Gasteiger partial charge in [-0.05, 0) is 20.3 Å². The van der Waals surface area contributed by atoms with Crippen molar-refractivity contribution in [2.24, 2.45) is 0 Å². The maximum atomic E-state index is 10.0. The summed E-state index contributed by atoms with van der Waals surface area (Å²) < 4.78 is 5.55. The van der Waals surface area contributed by atoms with Gasteiger partial charge in [-0.3, -0.25) is 0 Å². The van der Waals surface area contributed by atoms with Gasteiger partial charge in [0.25, 0.3) is 0 Å². The van der Waals surface area contributed by atoms with Gasteiger partial charge in [-0.2, -0.15) is 12.6 Å². The lowest BCUT2D eigenvalue weighted by atomic mass is 10.0. The molecule has 3 rings (SSSR count). The molecule has 1 fully saturated rings. The summed E-state index contributed by atoms with van der Waals surface area (Å²) in [5.74, 6) is 1.01. The van der Waals surface area contributed by atoms with Crippen LogP contribution in [0, 0.1) is 0 Å². The van der Waals surface area contributed by atoms with Gasteiger partial charge in [0.1, 0.15) is 17.4 Å². The molecule has 2 aromatic rings. The maximum Gasteiger partial charge on any atom is 0.198 e. The summed E-state index contributed by atoms with van der Waals surface area (Å²) in [6.07, 6.45) is -0.649. The van der Waals surface area contributed by atoms with Gasteiger partial charge in [-0.25, -0.2) is 25.3 Å². The van der Waals surface area contributed by atoms with Gasteiger partial charge in [0, 0.05) is 6.42 Å². The number of aliphatic hydroxyl groups excluding tert-OH is 2. The van der Waals surface area contributed by atoms with Crippen LogP contribution in [0.1, 0.15) is 26.1 Å². The van der Waals surface area contributed by atoms with E-state index >= 15 is 0 Å². The Bertz CT molecular complexity index is 785. The Morgan fingerprint density at radius 3 is 2.92 bits per heavy atom. The average molecular weight is 381 g/mol. The van der Waals surface area contributed by atoms with Crippen molar-refractivity contribution >= 4 is 29.6 Å². The summed E-state index contributed by atoms with van der Waals surface area (Å²) in [6.45, 7) is 7.48. The number of aryl methyl sites for hydroxylation is 1. The summed E-state index contributed by atoms with van der Waals surface area (Å²) in [5, 5.41) is 19.1. The first-order valence-electron chi connectivity index (χ1n) is 8.32. The molecule has 0 amide bonds. The molecule has 0 aromatic carbocycles. The molecule has 0 saturated carbocycles. The number of H-pyrrole nitrogens is 1. The second-order valence-electron chi connectivity index (χ2n) is 6.45. The van der Waals surface area contributed by atoms with Gasteiger partial charge >= 0.3 is 0 Å². The standard InChI is InChI=1S/C16H23N5O4S/c1-7(2)4-5-9-19-14-10(17-6-18-14)15(20-9)21-25-16-13(26)12(23)11(22)8(3)24-16/h6,8,11-13,16,22-23,26H,1,4-5H2,2-3H3,(H2,17,18,19,20,21)/t8-,11-,12+,13-,16?/m1/s1. The Morgan fingerprint density at radius 1 is 1.42 bits per heavy atom. The molecule has 0 aliphatic carbocycles. The van der Waals surface area contributed by atoms with Crippen molar-refractivity contribution in [2.75, 3.05) is 5.48 Å². The Kier molecular flexibility index (Phi) is 5.78. The zero-order valence-electron chi connectivity index (χ0n) is 14.6. The molecule has 4 N–H and O–H groups in total. The van der Waals surface area contributed by atoms with Crippen LogP contribution in [0.15, 0.2) is 18.5 Å². The molecule has 1 aliphatic rings. The SMILES string of the molecule is C=C(C)CCc1nc(NOC2O[C@H](C)[C@@H](O)[C@H](O)[C@H]2S)c2[nH]cnc2n1. The highest BCUT2D eigenvalue weighted by molar-refractivity contribution is 7.81. The number of aromatic nitrogens is 4. The summed E-state index contributed by atoms with van der Waals surface area (Å²) in [6, 6.07) is 0. The lowest BCUT2D eigenvalue weighted by Crippen LogP contribution is -2.55. The van der Waals surface area contributed by atoms with E-state index < -0.39 is 29.9 Å². The fourth-order valence-corrected chi connectivity index (χ4v) is 2.92. The largest absolute Gasteiger partial charge is 0.389 e. The van der Waals surface area contributed by atoms with Crippen molar-refractivity contribution in [1.29, 1.82) is 0 Å². The number of nitrogens with zero attached hydrogens (tertiary/aromatic N) is 3. The third-order valence-corrected chi connectivity index (χ3v) is 4.74. The van der Waals surface area contributed by atoms with Gasteiger partial charge in [0.05, 0.1) is 23.8 Å². The molecule has 10 heteroatoms. The summed E-state index contributed by atoms with van der Waals surface area (Å²) in [7, 11) is 0. The lowest BCUT2D eigenvalue weighted by molar-refractivity contribution is -0.232. The number of hydrogen-bond acceptors (Lipinski definition) is 9. The Labute approximate surface area is 156 Å². The van der Waals surface area contributed by atoms with Crippen LogP contribution in [0.3, 0.4) is 0 Å². The van der Waals surface area contributed by atoms with Crippen LogP contribution in [0.2, 0.25) is 0 Å². The first kappa shape index (κ1) is 19.1. The zero-order chi connectivity index (χ0) is 18.8. The predicted octanol–water partition coefficient (Wildman–Crippen LogP) is 0.970. The molecule has 2 aromatic heterocycles. The van der Waals surface area contributed by atoms with Gasteiger partial charge in [-0.15, -0.1) is 6.58 Å². The van der Waals surface area contributed by atoms with E-state index in [4.69, 9.17) is 9.57 Å². The molecule has 1 aliphatic heterocycles. The van der Waals surface area contributed by atoms with E-state index in [1.165, 1.54) is 6.33 Å². The van der Waals surface area contributed by atoms with E-state index in [1.807, 2.05) is 6.92 Å². The molecule has 26 heavy (non-hydrogen) atoms. The predicted molar refractivity (Wildman–Crippen MR) is 98.6 cm³/mol. The van der Waals surface area contributed by atoms with Crippen LogP contribution in [-0.2, 0) is 16.0 Å². The van der Waals surface area contributed by atoms with E-state index in [1.54, 1.807) is 6.92 Å². The van der Waals surface area contributed by atoms with E-state index in [2.05, 4.69) is 44.6 Å². The Balaban J connectivity index is 1.75. The van der Waals surface area contributed by atoms with Gasteiger partial charge in [0.2, 0.25) is 0 Å². The van der Waals surface area contributed by atoms with Crippen molar-refractivity contribution in [3.05, 3.63) is 24.3 Å². The second-order valence-corrected chi connectivity index (χ2v) is 7.04. The van der Waals surface area contributed by atoms with Gasteiger partial charge in [0.15, 0.2) is 17.8 Å². The molecule has 5 atom stereocenters. The highest BCUT2D eigenvalue weighted by atomic mass is 32.1. The molecule has 1 unspecified atom stereocenters. The first-order chi connectivity index (χ1) is 12.4. The number of rotatable bonds is 6. The second kappa shape index (κ2) is 7.89. The minimum Gasteiger partial charge on any atom is -0.389 e. The van der Waals surface area contributed by atoms with Crippen LogP contribution >= 0.6 is 12.6 Å². The van der Waals surface area contributed by atoms with Crippen molar-refractivity contribution in [3.8, 4) is 0 Å². The molecule has 9 nitrogen and oxygen atoms in total. The molecule has 142 valence electrons. The number of aliphatic hydroxyl groups is 2. The Hall–Kier alpha value is -1.72. The third-order valence-electron chi connectivity index (χ3n) is 4.19. The van der Waals surface area contributed by atoms with Gasteiger partial charge in [-0.1, -0.05) is 5.57 Å². The third kappa shape index (κ3) is 3.99. The minimum atomic E-state index is -1.07. The molecule has 0 radical (unpaired) electrons. The van der Waals surface area contributed by atoms with Crippen LogP contribution in [0.4, 0.5) is 5.82 Å². The topological polar surface area (TPSA) is 125 Å². The van der Waals surface area contributed by atoms with Crippen LogP contribution in [0.5, 0.6) is 0 Å². The van der Waals surface area contributed by atoms with Crippen LogP contribution in [0.25, 0.3) is 11.2 Å².